The van der Waals surface area contributed by atoms with Gasteiger partial charge in [-0.25, -0.2) is 4.21 Å². The Labute approximate surface area is 157 Å². The van der Waals surface area contributed by atoms with Gasteiger partial charge in [0.2, 0.25) is 0 Å². The van der Waals surface area contributed by atoms with Crippen molar-refractivity contribution in [2.75, 3.05) is 19.4 Å². The molecule has 26 heavy (non-hydrogen) atoms. The van der Waals surface area contributed by atoms with E-state index in [4.69, 9.17) is 0 Å². The van der Waals surface area contributed by atoms with E-state index in [9.17, 15) is 9.32 Å². The first-order valence-corrected chi connectivity index (χ1v) is 9.39. The van der Waals surface area contributed by atoms with Gasteiger partial charge in [-0.15, -0.1) is 8.80 Å². The zero-order chi connectivity index (χ0) is 19.6. The molecule has 0 fully saturated rings. The highest BCUT2D eigenvalue weighted by atomic mass is 32.2. The summed E-state index contributed by atoms with van der Waals surface area (Å²) in [6.07, 6.45) is 0. The average Bonchev–Trinajstić information content (AvgIpc) is 2.87. The minimum atomic E-state index is -1.68. The smallest absolute Gasteiger partial charge is 0.269 e. The van der Waals surface area contributed by atoms with E-state index in [1.54, 1.807) is 18.2 Å². The first kappa shape index (κ1) is 20.0. The molecule has 1 aliphatic rings. The number of nitrogens with zero attached hydrogens (tertiary/aromatic N) is 3. The van der Waals surface area contributed by atoms with Crippen molar-refractivity contribution in [1.82, 2.24) is 10.2 Å². The molecule has 0 radical (unpaired) electrons. The molecule has 1 aliphatic heterocycles. The van der Waals surface area contributed by atoms with Gasteiger partial charge < -0.3 is 20.6 Å². The van der Waals surface area contributed by atoms with Crippen LogP contribution in [0.2, 0.25) is 0 Å². The van der Waals surface area contributed by atoms with Crippen LogP contribution in [0.4, 0.5) is 5.69 Å². The zero-order valence-corrected chi connectivity index (χ0v) is 16.9. The van der Waals surface area contributed by atoms with Crippen molar-refractivity contribution in [3.63, 3.8) is 0 Å². The monoisotopic (exact) mass is 377 g/mol. The van der Waals surface area contributed by atoms with Crippen LogP contribution in [0.5, 0.6) is 5.75 Å². The van der Waals surface area contributed by atoms with Crippen molar-refractivity contribution in [3.05, 3.63) is 30.3 Å². The average molecular weight is 378 g/mol. The fraction of sp³-hybridized carbons (Fsp3) is 0.444. The van der Waals surface area contributed by atoms with Gasteiger partial charge in [0.05, 0.1) is 5.69 Å². The minimum Gasteiger partial charge on any atom is -0.505 e. The van der Waals surface area contributed by atoms with Gasteiger partial charge in [-0.3, -0.25) is 0 Å². The second-order valence-corrected chi connectivity index (χ2v) is 8.34. The predicted octanol–water partition coefficient (Wildman–Crippen LogP) is 2.75. The lowest BCUT2D eigenvalue weighted by molar-refractivity contribution is 0.317. The van der Waals surface area contributed by atoms with Crippen LogP contribution in [0, 0.1) is 5.41 Å². The highest BCUT2D eigenvalue weighted by molar-refractivity contribution is 7.83. The number of rotatable bonds is 4. The highest BCUT2D eigenvalue weighted by Gasteiger charge is 2.27. The third-order valence-electron chi connectivity index (χ3n) is 4.36. The summed E-state index contributed by atoms with van der Waals surface area (Å²) in [7, 11) is 3.71. The number of para-hydroxylation sites is 1. The van der Waals surface area contributed by atoms with Gasteiger partial charge in [0.25, 0.3) is 11.2 Å². The maximum absolute atomic E-state index is 11.8. The van der Waals surface area contributed by atoms with E-state index in [0.717, 1.165) is 0 Å². The van der Waals surface area contributed by atoms with Crippen LogP contribution in [-0.2, 0) is 11.2 Å². The van der Waals surface area contributed by atoms with Crippen molar-refractivity contribution in [3.8, 4) is 5.75 Å². The first-order valence-electron chi connectivity index (χ1n) is 8.32. The molecule has 0 saturated heterocycles. The van der Waals surface area contributed by atoms with Gasteiger partial charge >= 0.3 is 0 Å². The molecule has 2 rings (SSSR count). The fourth-order valence-electron chi connectivity index (χ4n) is 2.11. The maximum Gasteiger partial charge on any atom is 0.269 e. The summed E-state index contributed by atoms with van der Waals surface area (Å²) in [6, 6.07) is 5.39. The van der Waals surface area contributed by atoms with E-state index >= 15 is 0 Å². The van der Waals surface area contributed by atoms with Crippen LogP contribution >= 0.6 is 0 Å². The lowest BCUT2D eigenvalue weighted by Crippen LogP contribution is -2.45. The summed E-state index contributed by atoms with van der Waals surface area (Å²) < 4.78 is 19.9. The maximum atomic E-state index is 11.8. The summed E-state index contributed by atoms with van der Waals surface area (Å²) in [4.78, 5) is 1.82. The fourth-order valence-corrected chi connectivity index (χ4v) is 2.73. The number of hydrogen-bond acceptors (Lipinski definition) is 5. The second-order valence-electron chi connectivity index (χ2n) is 7.51. The quantitative estimate of drug-likeness (QED) is 0.702. The molecule has 2 atom stereocenters. The number of aromatic hydroxyl groups is 1. The Hall–Kier alpha value is -2.35. The summed E-state index contributed by atoms with van der Waals surface area (Å²) in [6.45, 7) is 12.3. The van der Waals surface area contributed by atoms with E-state index in [1.807, 2.05) is 25.9 Å². The molecule has 0 amide bonds. The summed E-state index contributed by atoms with van der Waals surface area (Å²) >= 11 is -1.68. The van der Waals surface area contributed by atoms with E-state index in [1.165, 1.54) is 0 Å². The van der Waals surface area contributed by atoms with Crippen molar-refractivity contribution in [2.45, 2.75) is 33.7 Å². The van der Waals surface area contributed by atoms with E-state index in [-0.39, 0.29) is 17.2 Å². The number of phenols is 1. The SMILES string of the molecule is C=C(c1cccc(NC2=NS(=O)N=C2N[C@H](C)C(C)(C)C)c1O)N(C)C. The van der Waals surface area contributed by atoms with Crippen LogP contribution < -0.4 is 10.6 Å². The number of benzene rings is 1. The largest absolute Gasteiger partial charge is 0.505 e. The van der Waals surface area contributed by atoms with Crippen LogP contribution in [-0.4, -0.2) is 46.0 Å². The Bertz CT molecular complexity index is 793. The third kappa shape index (κ3) is 4.43. The summed E-state index contributed by atoms with van der Waals surface area (Å²) in [5.74, 6) is 0.805. The number of anilines is 1. The molecule has 0 saturated carbocycles. The van der Waals surface area contributed by atoms with Gasteiger partial charge in [0.15, 0.2) is 11.7 Å². The lowest BCUT2D eigenvalue weighted by atomic mass is 9.88. The molecule has 7 nitrogen and oxygen atoms in total. The zero-order valence-electron chi connectivity index (χ0n) is 16.1. The molecule has 3 N–H and O–H groups in total. The Morgan fingerprint density at radius 1 is 1.27 bits per heavy atom. The molecule has 1 aromatic rings. The predicted molar refractivity (Wildman–Crippen MR) is 110 cm³/mol. The Morgan fingerprint density at radius 2 is 1.88 bits per heavy atom. The van der Waals surface area contributed by atoms with Crippen LogP contribution in [0.25, 0.3) is 5.70 Å². The molecular weight excluding hydrogens is 350 g/mol. The van der Waals surface area contributed by atoms with Crippen LogP contribution in [0.3, 0.4) is 0 Å². The van der Waals surface area contributed by atoms with Gasteiger partial charge in [-0.1, -0.05) is 33.4 Å². The Morgan fingerprint density at radius 3 is 2.46 bits per heavy atom. The molecule has 0 spiro atoms. The molecule has 8 heteroatoms. The second kappa shape index (κ2) is 7.49. The summed E-state index contributed by atoms with van der Waals surface area (Å²) in [5, 5.41) is 16.9. The first-order chi connectivity index (χ1) is 12.0. The number of amidine groups is 2. The number of hydrogen-bond donors (Lipinski definition) is 3. The highest BCUT2D eigenvalue weighted by Crippen LogP contribution is 2.32. The molecule has 0 aromatic heterocycles. The molecule has 142 valence electrons. The normalized spacial score (nSPS) is 18.0. The van der Waals surface area contributed by atoms with Crippen LogP contribution in [0.15, 0.2) is 33.6 Å². The molecular formula is C18H27N5O2S. The van der Waals surface area contributed by atoms with E-state index < -0.39 is 11.2 Å². The van der Waals surface area contributed by atoms with Crippen LogP contribution in [0.1, 0.15) is 33.3 Å². The molecule has 0 bridgehead atoms. The van der Waals surface area contributed by atoms with E-state index in [2.05, 4.69) is 46.8 Å². The molecule has 1 aromatic carbocycles. The molecule has 1 heterocycles. The van der Waals surface area contributed by atoms with Gasteiger partial charge in [-0.05, 0) is 24.5 Å². The van der Waals surface area contributed by atoms with E-state index in [0.29, 0.717) is 28.6 Å². The number of phenolic OH excluding ortho intramolecular Hbond substituents is 1. The van der Waals surface area contributed by atoms with Gasteiger partial charge in [0.1, 0.15) is 5.75 Å². The molecule has 0 aliphatic carbocycles. The molecule has 1 unspecified atom stereocenters. The topological polar surface area (TPSA) is 89.3 Å². The van der Waals surface area contributed by atoms with Gasteiger partial charge in [0, 0.05) is 31.4 Å². The Kier molecular flexibility index (Phi) is 5.75. The summed E-state index contributed by atoms with van der Waals surface area (Å²) in [5.41, 5.74) is 1.72. The number of nitrogens with one attached hydrogen (secondary N) is 2. The standard InChI is InChI=1S/C18H27N5O2S/c1-11(23(6)7)13-9-8-10-14(15(13)24)20-17-16(21-26(25)22-17)19-12(2)18(3,4)5/h8-10,12,24H,1H2,2-7H3,(H,19,21)(H,20,22)/t12-,26?/m1/s1. The van der Waals surface area contributed by atoms with Crippen molar-refractivity contribution in [1.29, 1.82) is 0 Å². The third-order valence-corrected chi connectivity index (χ3v) is 5.03. The van der Waals surface area contributed by atoms with Gasteiger partial charge in [-0.2, -0.15) is 0 Å². The Balaban J connectivity index is 2.26. The lowest BCUT2D eigenvalue weighted by Gasteiger charge is -2.29. The minimum absolute atomic E-state index is 0.0107. The van der Waals surface area contributed by atoms with Crippen molar-refractivity contribution in [2.24, 2.45) is 14.2 Å². The van der Waals surface area contributed by atoms with Crippen molar-refractivity contribution < 1.29 is 9.32 Å². The van der Waals surface area contributed by atoms with Crippen molar-refractivity contribution >= 4 is 34.2 Å².